The predicted molar refractivity (Wildman–Crippen MR) is 102 cm³/mol. The molecule has 0 aliphatic carbocycles. The van der Waals surface area contributed by atoms with Crippen molar-refractivity contribution >= 4 is 39.2 Å². The molecule has 1 atom stereocenters. The summed E-state index contributed by atoms with van der Waals surface area (Å²) in [5.41, 5.74) is 0.657. The number of ether oxygens (including phenoxy) is 1. The van der Waals surface area contributed by atoms with Crippen LogP contribution in [0.4, 0.5) is 5.69 Å². The summed E-state index contributed by atoms with van der Waals surface area (Å²) in [6.07, 6.45) is -1.04. The van der Waals surface area contributed by atoms with Crippen LogP contribution in [0.15, 0.2) is 53.4 Å². The van der Waals surface area contributed by atoms with Crippen LogP contribution in [0.5, 0.6) is 0 Å². The van der Waals surface area contributed by atoms with Crippen molar-refractivity contribution in [1.29, 1.82) is 0 Å². The fourth-order valence-corrected chi connectivity index (χ4v) is 3.06. The van der Waals surface area contributed by atoms with Crippen molar-refractivity contribution in [3.05, 3.63) is 59.1 Å². The van der Waals surface area contributed by atoms with E-state index in [1.54, 1.807) is 24.3 Å². The highest BCUT2D eigenvalue weighted by Gasteiger charge is 2.21. The lowest BCUT2D eigenvalue weighted by Crippen LogP contribution is -2.30. The van der Waals surface area contributed by atoms with E-state index < -0.39 is 28.0 Å². The molecule has 7 nitrogen and oxygen atoms in total. The molecule has 0 bridgehead atoms. The topological polar surface area (TPSA) is 92.8 Å². The molecule has 0 saturated heterocycles. The molecular weight excluding hydrogens is 392 g/mol. The van der Waals surface area contributed by atoms with E-state index in [9.17, 15) is 18.0 Å². The zero-order chi connectivity index (χ0) is 20.2. The van der Waals surface area contributed by atoms with E-state index in [0.717, 1.165) is 4.31 Å². The molecule has 2 aromatic rings. The molecule has 0 aliphatic heterocycles. The van der Waals surface area contributed by atoms with Gasteiger partial charge < -0.3 is 10.1 Å². The molecule has 0 heterocycles. The molecule has 144 valence electrons. The average molecular weight is 411 g/mol. The Bertz CT molecular complexity index is 925. The zero-order valence-corrected chi connectivity index (χ0v) is 16.5. The van der Waals surface area contributed by atoms with Gasteiger partial charge >= 0.3 is 5.97 Å². The first-order valence-electron chi connectivity index (χ1n) is 7.91. The van der Waals surface area contributed by atoms with Crippen molar-refractivity contribution in [2.24, 2.45) is 0 Å². The Balaban J connectivity index is 2.01. The minimum absolute atomic E-state index is 0.0533. The van der Waals surface area contributed by atoms with Crippen LogP contribution >= 0.6 is 11.6 Å². The van der Waals surface area contributed by atoms with Gasteiger partial charge in [-0.15, -0.1) is 0 Å². The number of nitrogens with zero attached hydrogens (tertiary/aromatic N) is 1. The minimum Gasteiger partial charge on any atom is -0.449 e. The number of sulfonamides is 1. The molecule has 27 heavy (non-hydrogen) atoms. The number of nitrogens with one attached hydrogen (secondary N) is 1. The average Bonchev–Trinajstić information content (AvgIpc) is 2.63. The Labute approximate surface area is 162 Å². The highest BCUT2D eigenvalue weighted by Crippen LogP contribution is 2.16. The molecule has 0 aromatic heterocycles. The highest BCUT2D eigenvalue weighted by atomic mass is 35.5. The summed E-state index contributed by atoms with van der Waals surface area (Å²) in [5.74, 6) is -1.24. The summed E-state index contributed by atoms with van der Waals surface area (Å²) in [4.78, 5) is 24.3. The van der Waals surface area contributed by atoms with Crippen molar-refractivity contribution < 1.29 is 22.7 Å². The largest absolute Gasteiger partial charge is 0.449 e. The number of esters is 1. The van der Waals surface area contributed by atoms with Crippen LogP contribution in [-0.4, -0.2) is 44.8 Å². The Kier molecular flexibility index (Phi) is 6.59. The van der Waals surface area contributed by atoms with E-state index in [-0.39, 0.29) is 10.5 Å². The van der Waals surface area contributed by atoms with E-state index in [1.165, 1.54) is 45.3 Å². The third-order valence-corrected chi connectivity index (χ3v) is 5.71. The Morgan fingerprint density at radius 2 is 1.59 bits per heavy atom. The van der Waals surface area contributed by atoms with Crippen molar-refractivity contribution in [3.8, 4) is 0 Å². The molecule has 0 spiro atoms. The van der Waals surface area contributed by atoms with Gasteiger partial charge in [0.25, 0.3) is 5.91 Å². The quantitative estimate of drug-likeness (QED) is 0.739. The maximum absolute atomic E-state index is 12.2. The van der Waals surface area contributed by atoms with Crippen LogP contribution in [0.2, 0.25) is 5.02 Å². The number of amides is 1. The molecule has 2 aromatic carbocycles. The van der Waals surface area contributed by atoms with Gasteiger partial charge in [0.05, 0.1) is 10.5 Å². The molecular formula is C18H19ClN2O5S. The van der Waals surface area contributed by atoms with Gasteiger partial charge in [0.15, 0.2) is 6.10 Å². The number of rotatable bonds is 6. The van der Waals surface area contributed by atoms with Crippen LogP contribution < -0.4 is 5.32 Å². The van der Waals surface area contributed by atoms with Crippen LogP contribution in [0.3, 0.4) is 0 Å². The molecule has 9 heteroatoms. The molecule has 0 saturated carbocycles. The summed E-state index contributed by atoms with van der Waals surface area (Å²) >= 11 is 5.78. The van der Waals surface area contributed by atoms with Gasteiger partial charge in [0.1, 0.15) is 0 Å². The van der Waals surface area contributed by atoms with E-state index in [1.807, 2.05) is 0 Å². The Hall–Kier alpha value is -2.42. The standard InChI is InChI=1S/C18H19ClN2O5S/c1-12(17(22)20-15-8-6-14(19)7-9-15)26-18(23)13-4-10-16(11-5-13)27(24,25)21(2)3/h4-12H,1-3H3,(H,20,22)/t12-/m1/s1. The van der Waals surface area contributed by atoms with Gasteiger partial charge in [-0.3, -0.25) is 4.79 Å². The number of hydrogen-bond donors (Lipinski definition) is 1. The summed E-state index contributed by atoms with van der Waals surface area (Å²) in [6, 6.07) is 11.8. The van der Waals surface area contributed by atoms with Gasteiger partial charge in [0, 0.05) is 24.8 Å². The van der Waals surface area contributed by atoms with E-state index >= 15 is 0 Å². The van der Waals surface area contributed by atoms with Crippen LogP contribution in [0, 0.1) is 0 Å². The maximum Gasteiger partial charge on any atom is 0.338 e. The van der Waals surface area contributed by atoms with Gasteiger partial charge in [-0.25, -0.2) is 17.5 Å². The fraction of sp³-hybridized carbons (Fsp3) is 0.222. The first-order valence-corrected chi connectivity index (χ1v) is 9.73. The molecule has 2 rings (SSSR count). The van der Waals surface area contributed by atoms with Gasteiger partial charge in [-0.2, -0.15) is 0 Å². The summed E-state index contributed by atoms with van der Waals surface area (Å²) in [6.45, 7) is 1.44. The van der Waals surface area contributed by atoms with Gasteiger partial charge in [-0.05, 0) is 55.5 Å². The number of benzene rings is 2. The van der Waals surface area contributed by atoms with Crippen molar-refractivity contribution in [1.82, 2.24) is 4.31 Å². The summed E-state index contributed by atoms with van der Waals surface area (Å²) in [7, 11) is -0.756. The third-order valence-electron chi connectivity index (χ3n) is 3.63. The van der Waals surface area contributed by atoms with Crippen molar-refractivity contribution in [2.45, 2.75) is 17.9 Å². The van der Waals surface area contributed by atoms with Crippen LogP contribution in [0.25, 0.3) is 0 Å². The van der Waals surface area contributed by atoms with Crippen LogP contribution in [-0.2, 0) is 19.6 Å². The number of carbonyl (C=O) groups is 2. The lowest BCUT2D eigenvalue weighted by molar-refractivity contribution is -0.123. The molecule has 0 radical (unpaired) electrons. The van der Waals surface area contributed by atoms with Gasteiger partial charge in [0.2, 0.25) is 10.0 Å². The monoisotopic (exact) mass is 410 g/mol. The highest BCUT2D eigenvalue weighted by molar-refractivity contribution is 7.89. The van der Waals surface area contributed by atoms with Crippen molar-refractivity contribution in [3.63, 3.8) is 0 Å². The van der Waals surface area contributed by atoms with E-state index in [4.69, 9.17) is 16.3 Å². The van der Waals surface area contributed by atoms with Crippen LogP contribution in [0.1, 0.15) is 17.3 Å². The molecule has 1 amide bonds. The lowest BCUT2D eigenvalue weighted by atomic mass is 10.2. The number of hydrogen-bond acceptors (Lipinski definition) is 5. The maximum atomic E-state index is 12.2. The summed E-state index contributed by atoms with van der Waals surface area (Å²) < 4.78 is 30.2. The lowest BCUT2D eigenvalue weighted by Gasteiger charge is -2.14. The SMILES string of the molecule is C[C@@H](OC(=O)c1ccc(S(=O)(=O)N(C)C)cc1)C(=O)Nc1ccc(Cl)cc1. The molecule has 0 unspecified atom stereocenters. The second-order valence-electron chi connectivity index (χ2n) is 5.86. The molecule has 0 aliphatic rings. The van der Waals surface area contributed by atoms with Gasteiger partial charge in [-0.1, -0.05) is 11.6 Å². The second-order valence-corrected chi connectivity index (χ2v) is 8.44. The third kappa shape index (κ3) is 5.29. The fourth-order valence-electron chi connectivity index (χ4n) is 2.03. The van der Waals surface area contributed by atoms with Crippen molar-refractivity contribution in [2.75, 3.05) is 19.4 Å². The second kappa shape index (κ2) is 8.51. The minimum atomic E-state index is -3.59. The normalized spacial score (nSPS) is 12.5. The first kappa shape index (κ1) is 20.9. The number of halogens is 1. The smallest absolute Gasteiger partial charge is 0.338 e. The predicted octanol–water partition coefficient (Wildman–Crippen LogP) is 2.77. The summed E-state index contributed by atoms with van der Waals surface area (Å²) in [5, 5.41) is 3.14. The van der Waals surface area contributed by atoms with E-state index in [2.05, 4.69) is 5.32 Å². The Morgan fingerprint density at radius 3 is 2.11 bits per heavy atom. The van der Waals surface area contributed by atoms with E-state index in [0.29, 0.717) is 10.7 Å². The molecule has 0 fully saturated rings. The number of anilines is 1. The zero-order valence-electron chi connectivity index (χ0n) is 15.0. The Morgan fingerprint density at radius 1 is 1.04 bits per heavy atom. The first-order chi connectivity index (χ1) is 12.6. The molecule has 1 N–H and O–H groups in total. The number of carbonyl (C=O) groups excluding carboxylic acids is 2.